The van der Waals surface area contributed by atoms with E-state index in [0.717, 1.165) is 38.5 Å². The van der Waals surface area contributed by atoms with Gasteiger partial charge >= 0.3 is 0 Å². The molecular formula is C17H20N2O. The van der Waals surface area contributed by atoms with Crippen molar-refractivity contribution in [2.75, 3.05) is 0 Å². The Morgan fingerprint density at radius 1 is 1.35 bits per heavy atom. The van der Waals surface area contributed by atoms with E-state index in [4.69, 9.17) is 0 Å². The fourth-order valence-electron chi connectivity index (χ4n) is 3.64. The first-order valence-corrected chi connectivity index (χ1v) is 7.52. The molecule has 104 valence electrons. The van der Waals surface area contributed by atoms with Crippen LogP contribution >= 0.6 is 0 Å². The average molecular weight is 268 g/mol. The number of fused-ring (bicyclic) bond motifs is 1. The summed E-state index contributed by atoms with van der Waals surface area (Å²) in [5.41, 5.74) is 2.11. The van der Waals surface area contributed by atoms with Crippen molar-refractivity contribution in [3.05, 3.63) is 35.4 Å². The second kappa shape index (κ2) is 5.28. The van der Waals surface area contributed by atoms with Crippen LogP contribution in [0.25, 0.3) is 0 Å². The topological polar surface area (TPSA) is 52.9 Å². The Labute approximate surface area is 120 Å². The van der Waals surface area contributed by atoms with Crippen molar-refractivity contribution in [1.29, 1.82) is 5.26 Å². The number of hydrogen-bond donors (Lipinski definition) is 1. The molecule has 1 fully saturated rings. The van der Waals surface area contributed by atoms with Crippen LogP contribution in [-0.4, -0.2) is 11.4 Å². The third kappa shape index (κ3) is 2.43. The van der Waals surface area contributed by atoms with E-state index in [2.05, 4.69) is 29.6 Å². The van der Waals surface area contributed by atoms with Crippen LogP contribution in [-0.2, 0) is 11.2 Å². The van der Waals surface area contributed by atoms with E-state index in [9.17, 15) is 10.1 Å². The molecule has 0 bridgehead atoms. The van der Waals surface area contributed by atoms with Crippen molar-refractivity contribution >= 4 is 5.91 Å². The van der Waals surface area contributed by atoms with E-state index in [1.54, 1.807) is 0 Å². The molecule has 1 saturated carbocycles. The zero-order valence-electron chi connectivity index (χ0n) is 11.7. The average Bonchev–Trinajstić information content (AvgIpc) is 3.07. The fraction of sp³-hybridized carbons (Fsp3) is 0.529. The van der Waals surface area contributed by atoms with Crippen LogP contribution in [0.5, 0.6) is 0 Å². The summed E-state index contributed by atoms with van der Waals surface area (Å²) in [4.78, 5) is 12.3. The van der Waals surface area contributed by atoms with E-state index in [0.29, 0.717) is 12.3 Å². The van der Waals surface area contributed by atoms with Crippen LogP contribution in [0, 0.1) is 11.3 Å². The number of nitrogens with one attached hydrogen (secondary N) is 1. The maximum atomic E-state index is 12.3. The fourth-order valence-corrected chi connectivity index (χ4v) is 3.64. The summed E-state index contributed by atoms with van der Waals surface area (Å²) in [6, 6.07) is 10.7. The Morgan fingerprint density at radius 2 is 2.10 bits per heavy atom. The quantitative estimate of drug-likeness (QED) is 0.916. The Balaban J connectivity index is 1.65. The lowest BCUT2D eigenvalue weighted by molar-refractivity contribution is -0.122. The van der Waals surface area contributed by atoms with Crippen molar-refractivity contribution in [2.45, 2.75) is 56.4 Å². The van der Waals surface area contributed by atoms with Gasteiger partial charge < -0.3 is 5.32 Å². The van der Waals surface area contributed by atoms with Crippen LogP contribution in [0.1, 0.15) is 55.6 Å². The highest BCUT2D eigenvalue weighted by molar-refractivity contribution is 5.78. The summed E-state index contributed by atoms with van der Waals surface area (Å²) in [6.07, 6.45) is 6.32. The molecule has 1 amide bonds. The van der Waals surface area contributed by atoms with Crippen molar-refractivity contribution < 1.29 is 4.79 Å². The van der Waals surface area contributed by atoms with Crippen molar-refractivity contribution in [1.82, 2.24) is 5.32 Å². The normalized spacial score (nSPS) is 23.1. The molecule has 0 aromatic heterocycles. The van der Waals surface area contributed by atoms with Crippen LogP contribution in [0.3, 0.4) is 0 Å². The minimum absolute atomic E-state index is 0.0372. The summed E-state index contributed by atoms with van der Waals surface area (Å²) in [7, 11) is 0. The lowest BCUT2D eigenvalue weighted by Gasteiger charge is -2.23. The standard InChI is InChI=1S/C17H20N2O/c18-12-17(9-3-4-10-17)19-16(20)11-14-8-7-13-5-1-2-6-15(13)14/h1-2,5-6,14H,3-4,7-11H2,(H,19,20)/t14-/m0/s1. The number of benzene rings is 1. The molecule has 0 unspecified atom stereocenters. The smallest absolute Gasteiger partial charge is 0.221 e. The van der Waals surface area contributed by atoms with Gasteiger partial charge in [0.2, 0.25) is 5.91 Å². The second-order valence-electron chi connectivity index (χ2n) is 6.09. The number of aryl methyl sites for hydroxylation is 1. The zero-order valence-corrected chi connectivity index (χ0v) is 11.7. The van der Waals surface area contributed by atoms with Gasteiger partial charge in [0.05, 0.1) is 6.07 Å². The lowest BCUT2D eigenvalue weighted by Crippen LogP contribution is -2.45. The maximum absolute atomic E-state index is 12.3. The van der Waals surface area contributed by atoms with Gasteiger partial charge in [-0.1, -0.05) is 24.3 Å². The Kier molecular flexibility index (Phi) is 3.48. The van der Waals surface area contributed by atoms with Crippen LogP contribution in [0.4, 0.5) is 0 Å². The molecule has 3 heteroatoms. The number of nitrogens with zero attached hydrogens (tertiary/aromatic N) is 1. The molecule has 3 rings (SSSR count). The lowest BCUT2D eigenvalue weighted by atomic mass is 9.95. The number of hydrogen-bond acceptors (Lipinski definition) is 2. The molecule has 0 spiro atoms. The van der Waals surface area contributed by atoms with E-state index < -0.39 is 5.54 Å². The Morgan fingerprint density at radius 3 is 2.85 bits per heavy atom. The van der Waals surface area contributed by atoms with E-state index >= 15 is 0 Å². The van der Waals surface area contributed by atoms with E-state index in [1.807, 2.05) is 6.07 Å². The largest absolute Gasteiger partial charge is 0.338 e. The highest BCUT2D eigenvalue weighted by Crippen LogP contribution is 2.36. The molecule has 3 nitrogen and oxygen atoms in total. The SMILES string of the molecule is N#CC1(NC(=O)C[C@@H]2CCc3ccccc32)CCCC1. The van der Waals surface area contributed by atoms with Gasteiger partial charge in [0.15, 0.2) is 0 Å². The number of carbonyl (C=O) groups is 1. The first-order chi connectivity index (χ1) is 9.72. The van der Waals surface area contributed by atoms with Gasteiger partial charge in [-0.3, -0.25) is 4.79 Å². The monoisotopic (exact) mass is 268 g/mol. The molecule has 20 heavy (non-hydrogen) atoms. The van der Waals surface area contributed by atoms with Crippen LogP contribution < -0.4 is 5.32 Å². The molecule has 1 aromatic rings. The third-order valence-electron chi connectivity index (χ3n) is 4.74. The van der Waals surface area contributed by atoms with Crippen LogP contribution in [0.2, 0.25) is 0 Å². The van der Waals surface area contributed by atoms with Crippen molar-refractivity contribution in [2.24, 2.45) is 0 Å². The Hall–Kier alpha value is -1.82. The molecule has 0 radical (unpaired) electrons. The van der Waals surface area contributed by atoms with Gasteiger partial charge in [-0.05, 0) is 55.6 Å². The Bertz CT molecular complexity index is 552. The molecule has 1 atom stereocenters. The molecule has 1 N–H and O–H groups in total. The molecule has 0 saturated heterocycles. The van der Waals surface area contributed by atoms with Crippen LogP contribution in [0.15, 0.2) is 24.3 Å². The number of carbonyl (C=O) groups excluding carboxylic acids is 1. The van der Waals surface area contributed by atoms with Gasteiger partial charge in [0.1, 0.15) is 5.54 Å². The highest BCUT2D eigenvalue weighted by Gasteiger charge is 2.36. The van der Waals surface area contributed by atoms with E-state index in [-0.39, 0.29) is 5.91 Å². The predicted molar refractivity (Wildman–Crippen MR) is 77.1 cm³/mol. The summed E-state index contributed by atoms with van der Waals surface area (Å²) >= 11 is 0. The molecule has 1 aromatic carbocycles. The molecule has 2 aliphatic rings. The first kappa shape index (κ1) is 13.2. The molecule has 0 heterocycles. The van der Waals surface area contributed by atoms with Gasteiger partial charge in [0.25, 0.3) is 0 Å². The van der Waals surface area contributed by atoms with Crippen molar-refractivity contribution in [3.63, 3.8) is 0 Å². The maximum Gasteiger partial charge on any atom is 0.221 e. The number of amides is 1. The molecular weight excluding hydrogens is 248 g/mol. The summed E-state index contributed by atoms with van der Waals surface area (Å²) < 4.78 is 0. The van der Waals surface area contributed by atoms with Crippen molar-refractivity contribution in [3.8, 4) is 6.07 Å². The predicted octanol–water partition coefficient (Wildman–Crippen LogP) is 3.06. The summed E-state index contributed by atoms with van der Waals surface area (Å²) in [5, 5.41) is 12.3. The van der Waals surface area contributed by atoms with Gasteiger partial charge in [0, 0.05) is 6.42 Å². The molecule has 2 aliphatic carbocycles. The van der Waals surface area contributed by atoms with Gasteiger partial charge in [-0.2, -0.15) is 5.26 Å². The number of nitriles is 1. The minimum Gasteiger partial charge on any atom is -0.338 e. The van der Waals surface area contributed by atoms with Gasteiger partial charge in [-0.25, -0.2) is 0 Å². The summed E-state index contributed by atoms with van der Waals surface area (Å²) in [5.74, 6) is 0.360. The first-order valence-electron chi connectivity index (χ1n) is 7.52. The highest BCUT2D eigenvalue weighted by atomic mass is 16.1. The third-order valence-corrected chi connectivity index (χ3v) is 4.74. The minimum atomic E-state index is -0.588. The number of rotatable bonds is 3. The summed E-state index contributed by atoms with van der Waals surface area (Å²) in [6.45, 7) is 0. The van der Waals surface area contributed by atoms with E-state index in [1.165, 1.54) is 11.1 Å². The van der Waals surface area contributed by atoms with Gasteiger partial charge in [-0.15, -0.1) is 0 Å². The molecule has 0 aliphatic heterocycles. The second-order valence-corrected chi connectivity index (χ2v) is 6.09. The zero-order chi connectivity index (χ0) is 14.0.